The van der Waals surface area contributed by atoms with E-state index >= 15 is 0 Å². The van der Waals surface area contributed by atoms with Crippen LogP contribution in [0.1, 0.15) is 22.3 Å². The summed E-state index contributed by atoms with van der Waals surface area (Å²) in [7, 11) is 0. The Morgan fingerprint density at radius 3 is 2.71 bits per heavy atom. The quantitative estimate of drug-likeness (QED) is 0.849. The molecular weight excluding hydrogens is 212 g/mol. The van der Waals surface area contributed by atoms with E-state index in [4.69, 9.17) is 5.26 Å². The molecule has 0 unspecified atom stereocenters. The topological polar surface area (TPSA) is 56.6 Å². The summed E-state index contributed by atoms with van der Waals surface area (Å²) in [5, 5.41) is 8.98. The molecule has 17 heavy (non-hydrogen) atoms. The summed E-state index contributed by atoms with van der Waals surface area (Å²) < 4.78 is 0. The number of H-pyrrole nitrogens is 1. The third-order valence-corrected chi connectivity index (χ3v) is 2.80. The molecule has 0 fully saturated rings. The number of pyridine rings is 1. The molecule has 0 saturated carbocycles. The van der Waals surface area contributed by atoms with E-state index in [-0.39, 0.29) is 11.1 Å². The average Bonchev–Trinajstić information content (AvgIpc) is 2.32. The first kappa shape index (κ1) is 11.2. The van der Waals surface area contributed by atoms with Crippen LogP contribution in [0.3, 0.4) is 0 Å². The first-order chi connectivity index (χ1) is 8.22. The van der Waals surface area contributed by atoms with Crippen LogP contribution < -0.4 is 5.56 Å². The minimum atomic E-state index is -0.321. The number of nitriles is 1. The summed E-state index contributed by atoms with van der Waals surface area (Å²) in [4.78, 5) is 14.0. The first-order valence-corrected chi connectivity index (χ1v) is 5.37. The number of aryl methyl sites for hydroxylation is 1. The highest BCUT2D eigenvalue weighted by Gasteiger charge is 2.07. The van der Waals surface area contributed by atoms with Crippen molar-refractivity contribution in [3.05, 3.63) is 69.1 Å². The minimum Gasteiger partial charge on any atom is -0.328 e. The van der Waals surface area contributed by atoms with Crippen LogP contribution in [0, 0.1) is 18.3 Å². The number of nitrogens with zero attached hydrogens (tertiary/aromatic N) is 1. The maximum Gasteiger partial charge on any atom is 0.266 e. The third-order valence-electron chi connectivity index (χ3n) is 2.80. The van der Waals surface area contributed by atoms with Crippen molar-refractivity contribution in [2.24, 2.45) is 0 Å². The highest BCUT2D eigenvalue weighted by molar-refractivity contribution is 5.40. The number of rotatable bonds is 2. The van der Waals surface area contributed by atoms with Crippen LogP contribution in [-0.4, -0.2) is 4.98 Å². The zero-order valence-electron chi connectivity index (χ0n) is 9.53. The summed E-state index contributed by atoms with van der Waals surface area (Å²) >= 11 is 0. The molecule has 1 aromatic carbocycles. The highest BCUT2D eigenvalue weighted by atomic mass is 16.1. The fourth-order valence-electron chi connectivity index (χ4n) is 1.80. The van der Waals surface area contributed by atoms with Crippen molar-refractivity contribution in [1.29, 1.82) is 5.26 Å². The maximum absolute atomic E-state index is 11.5. The molecule has 1 N–H and O–H groups in total. The van der Waals surface area contributed by atoms with Crippen LogP contribution >= 0.6 is 0 Å². The Bertz CT molecular complexity index is 635. The highest BCUT2D eigenvalue weighted by Crippen LogP contribution is 2.14. The maximum atomic E-state index is 11.5. The molecule has 1 aromatic heterocycles. The van der Waals surface area contributed by atoms with E-state index in [1.807, 2.05) is 37.3 Å². The van der Waals surface area contributed by atoms with Crippen molar-refractivity contribution < 1.29 is 0 Å². The van der Waals surface area contributed by atoms with Gasteiger partial charge in [0.15, 0.2) is 0 Å². The SMILES string of the molecule is Cc1ccccc1Cc1cc[nH]c(=O)c1C#N. The average molecular weight is 224 g/mol. The summed E-state index contributed by atoms with van der Waals surface area (Å²) in [6.45, 7) is 2.02. The third kappa shape index (κ3) is 2.26. The van der Waals surface area contributed by atoms with Crippen LogP contribution in [-0.2, 0) is 6.42 Å². The van der Waals surface area contributed by atoms with E-state index < -0.39 is 0 Å². The Kier molecular flexibility index (Phi) is 3.06. The first-order valence-electron chi connectivity index (χ1n) is 5.37. The zero-order chi connectivity index (χ0) is 12.3. The lowest BCUT2D eigenvalue weighted by Gasteiger charge is -2.06. The number of aromatic amines is 1. The summed E-state index contributed by atoms with van der Waals surface area (Å²) in [6.07, 6.45) is 2.19. The van der Waals surface area contributed by atoms with Crippen LogP contribution in [0.5, 0.6) is 0 Å². The molecule has 0 aliphatic carbocycles. The molecule has 3 nitrogen and oxygen atoms in total. The molecule has 0 radical (unpaired) electrons. The number of aromatic nitrogens is 1. The molecule has 84 valence electrons. The van der Waals surface area contributed by atoms with Gasteiger partial charge in [0.25, 0.3) is 5.56 Å². The van der Waals surface area contributed by atoms with Crippen LogP contribution in [0.2, 0.25) is 0 Å². The van der Waals surface area contributed by atoms with Gasteiger partial charge in [0.05, 0.1) is 0 Å². The van der Waals surface area contributed by atoms with Crippen molar-refractivity contribution >= 4 is 0 Å². The van der Waals surface area contributed by atoms with Gasteiger partial charge in [-0.2, -0.15) is 5.26 Å². The van der Waals surface area contributed by atoms with Gasteiger partial charge in [0, 0.05) is 6.20 Å². The molecule has 0 aliphatic heterocycles. The fourth-order valence-corrected chi connectivity index (χ4v) is 1.80. The summed E-state index contributed by atoms with van der Waals surface area (Å²) in [5.74, 6) is 0. The summed E-state index contributed by atoms with van der Waals surface area (Å²) in [5.41, 5.74) is 2.95. The zero-order valence-corrected chi connectivity index (χ0v) is 9.53. The van der Waals surface area contributed by atoms with E-state index in [2.05, 4.69) is 4.98 Å². The smallest absolute Gasteiger partial charge is 0.266 e. The van der Waals surface area contributed by atoms with Gasteiger partial charge in [-0.15, -0.1) is 0 Å². The van der Waals surface area contributed by atoms with Crippen LogP contribution in [0.25, 0.3) is 0 Å². The summed E-state index contributed by atoms with van der Waals surface area (Å²) in [6, 6.07) is 11.7. The van der Waals surface area contributed by atoms with Gasteiger partial charge in [0.1, 0.15) is 11.6 Å². The number of hydrogen-bond acceptors (Lipinski definition) is 2. The second-order valence-electron chi connectivity index (χ2n) is 3.92. The van der Waals surface area contributed by atoms with E-state index in [0.717, 1.165) is 16.7 Å². The van der Waals surface area contributed by atoms with Crippen molar-refractivity contribution in [3.63, 3.8) is 0 Å². The van der Waals surface area contributed by atoms with Gasteiger partial charge < -0.3 is 4.98 Å². The standard InChI is InChI=1S/C14H12N2O/c1-10-4-2-3-5-11(10)8-12-6-7-16-14(17)13(12)9-15/h2-7H,8H2,1H3,(H,16,17). The van der Waals surface area contributed by atoms with Crippen molar-refractivity contribution in [3.8, 4) is 6.07 Å². The molecule has 3 heteroatoms. The predicted molar refractivity (Wildman–Crippen MR) is 65.8 cm³/mol. The molecule has 0 atom stereocenters. The largest absolute Gasteiger partial charge is 0.328 e. The molecule has 0 bridgehead atoms. The van der Waals surface area contributed by atoms with Gasteiger partial charge >= 0.3 is 0 Å². The van der Waals surface area contributed by atoms with E-state index in [1.165, 1.54) is 0 Å². The van der Waals surface area contributed by atoms with Gasteiger partial charge in [-0.25, -0.2) is 0 Å². The Balaban J connectivity index is 2.45. The molecule has 2 aromatic rings. The Hall–Kier alpha value is -2.34. The van der Waals surface area contributed by atoms with Crippen LogP contribution in [0.4, 0.5) is 0 Å². The second-order valence-corrected chi connectivity index (χ2v) is 3.92. The van der Waals surface area contributed by atoms with Crippen molar-refractivity contribution in [2.45, 2.75) is 13.3 Å². The second kappa shape index (κ2) is 4.67. The molecular formula is C14H12N2O. The Morgan fingerprint density at radius 1 is 1.24 bits per heavy atom. The lowest BCUT2D eigenvalue weighted by atomic mass is 9.99. The normalized spacial score (nSPS) is 9.88. The predicted octanol–water partition coefficient (Wildman–Crippen LogP) is 2.15. The number of benzene rings is 1. The fraction of sp³-hybridized carbons (Fsp3) is 0.143. The molecule has 0 aliphatic rings. The number of nitrogens with one attached hydrogen (secondary N) is 1. The van der Waals surface area contributed by atoms with Gasteiger partial charge in [-0.3, -0.25) is 4.79 Å². The van der Waals surface area contributed by atoms with Crippen molar-refractivity contribution in [1.82, 2.24) is 4.98 Å². The lowest BCUT2D eigenvalue weighted by Crippen LogP contribution is -2.12. The minimum absolute atomic E-state index is 0.204. The number of hydrogen-bond donors (Lipinski definition) is 1. The lowest BCUT2D eigenvalue weighted by molar-refractivity contribution is 1.10. The Labute approximate surface area is 99.4 Å². The molecule has 2 rings (SSSR count). The monoisotopic (exact) mass is 224 g/mol. The molecule has 0 amide bonds. The Morgan fingerprint density at radius 2 is 2.00 bits per heavy atom. The van der Waals surface area contributed by atoms with Gasteiger partial charge in [-0.05, 0) is 36.1 Å². The molecule has 0 saturated heterocycles. The van der Waals surface area contributed by atoms with E-state index in [9.17, 15) is 4.79 Å². The van der Waals surface area contributed by atoms with E-state index in [0.29, 0.717) is 6.42 Å². The molecule has 0 spiro atoms. The van der Waals surface area contributed by atoms with Gasteiger partial charge in [0.2, 0.25) is 0 Å². The van der Waals surface area contributed by atoms with Gasteiger partial charge in [-0.1, -0.05) is 24.3 Å². The van der Waals surface area contributed by atoms with Crippen LogP contribution in [0.15, 0.2) is 41.3 Å². The molecule has 1 heterocycles. The van der Waals surface area contributed by atoms with E-state index in [1.54, 1.807) is 12.3 Å². The van der Waals surface area contributed by atoms with Crippen molar-refractivity contribution in [2.75, 3.05) is 0 Å².